The first-order valence-corrected chi connectivity index (χ1v) is 6.81. The molecule has 0 heterocycles. The average molecular weight is 268 g/mol. The molecular formula is C17H20N2O. The van der Waals surface area contributed by atoms with E-state index in [0.717, 1.165) is 12.0 Å². The van der Waals surface area contributed by atoms with Gasteiger partial charge in [0.05, 0.1) is 0 Å². The van der Waals surface area contributed by atoms with Crippen LogP contribution in [0.5, 0.6) is 0 Å². The van der Waals surface area contributed by atoms with Crippen LogP contribution >= 0.6 is 0 Å². The molecule has 0 bridgehead atoms. The van der Waals surface area contributed by atoms with Gasteiger partial charge in [-0.05, 0) is 30.5 Å². The van der Waals surface area contributed by atoms with E-state index in [0.29, 0.717) is 12.1 Å². The maximum Gasteiger partial charge on any atom is 0.251 e. The smallest absolute Gasteiger partial charge is 0.251 e. The summed E-state index contributed by atoms with van der Waals surface area (Å²) < 4.78 is 0. The van der Waals surface area contributed by atoms with E-state index in [1.807, 2.05) is 61.5 Å². The van der Waals surface area contributed by atoms with Crippen LogP contribution in [0.15, 0.2) is 54.6 Å². The van der Waals surface area contributed by atoms with Gasteiger partial charge in [-0.2, -0.15) is 0 Å². The van der Waals surface area contributed by atoms with Crippen molar-refractivity contribution < 1.29 is 4.79 Å². The summed E-state index contributed by atoms with van der Waals surface area (Å²) >= 11 is 0. The van der Waals surface area contributed by atoms with Crippen molar-refractivity contribution in [1.82, 2.24) is 5.32 Å². The Kier molecular flexibility index (Phi) is 4.91. The number of hydrogen-bond donors (Lipinski definition) is 2. The van der Waals surface area contributed by atoms with Gasteiger partial charge >= 0.3 is 0 Å². The van der Waals surface area contributed by atoms with Crippen LogP contribution in [0, 0.1) is 6.92 Å². The fourth-order valence-corrected chi connectivity index (χ4v) is 2.18. The third-order valence-corrected chi connectivity index (χ3v) is 3.33. The predicted octanol–water partition coefficient (Wildman–Crippen LogP) is 2.29. The minimum atomic E-state index is -0.0607. The first-order chi connectivity index (χ1) is 9.70. The van der Waals surface area contributed by atoms with Crippen molar-refractivity contribution >= 4 is 5.91 Å². The number of nitrogens with two attached hydrogens (primary N) is 1. The van der Waals surface area contributed by atoms with Gasteiger partial charge in [-0.15, -0.1) is 0 Å². The molecule has 1 atom stereocenters. The lowest BCUT2D eigenvalue weighted by Crippen LogP contribution is -2.41. The summed E-state index contributed by atoms with van der Waals surface area (Å²) in [5.41, 5.74) is 8.62. The number of nitrogens with one attached hydrogen (secondary N) is 1. The number of hydrogen-bond acceptors (Lipinski definition) is 2. The molecule has 3 nitrogen and oxygen atoms in total. The summed E-state index contributed by atoms with van der Waals surface area (Å²) in [6.45, 7) is 2.36. The van der Waals surface area contributed by atoms with E-state index in [1.54, 1.807) is 0 Å². The zero-order valence-electron chi connectivity index (χ0n) is 11.7. The van der Waals surface area contributed by atoms with E-state index in [4.69, 9.17) is 5.73 Å². The summed E-state index contributed by atoms with van der Waals surface area (Å²) in [6.07, 6.45) is 0.745. The molecule has 0 radical (unpaired) electrons. The number of aryl methyl sites for hydroxylation is 1. The molecular weight excluding hydrogens is 248 g/mol. The number of rotatable bonds is 5. The molecule has 0 aliphatic heterocycles. The zero-order chi connectivity index (χ0) is 14.4. The lowest BCUT2D eigenvalue weighted by Gasteiger charge is -2.17. The molecule has 0 aromatic heterocycles. The highest BCUT2D eigenvalue weighted by molar-refractivity contribution is 5.95. The second-order valence-electron chi connectivity index (χ2n) is 4.91. The molecule has 1 unspecified atom stereocenters. The van der Waals surface area contributed by atoms with Gasteiger partial charge in [-0.3, -0.25) is 4.79 Å². The number of carbonyl (C=O) groups is 1. The average Bonchev–Trinajstić information content (AvgIpc) is 2.48. The van der Waals surface area contributed by atoms with E-state index in [2.05, 4.69) is 5.32 Å². The van der Waals surface area contributed by atoms with Crippen LogP contribution in [0.4, 0.5) is 0 Å². The summed E-state index contributed by atoms with van der Waals surface area (Å²) in [7, 11) is 0. The molecule has 0 saturated carbocycles. The molecule has 0 saturated heterocycles. The molecule has 20 heavy (non-hydrogen) atoms. The lowest BCUT2D eigenvalue weighted by atomic mass is 10.0. The molecule has 2 rings (SSSR count). The fraction of sp³-hybridized carbons (Fsp3) is 0.235. The van der Waals surface area contributed by atoms with E-state index in [1.165, 1.54) is 5.56 Å². The topological polar surface area (TPSA) is 55.1 Å². The van der Waals surface area contributed by atoms with Crippen LogP contribution < -0.4 is 11.1 Å². The Morgan fingerprint density at radius 1 is 1.10 bits per heavy atom. The second kappa shape index (κ2) is 6.87. The van der Waals surface area contributed by atoms with Crippen molar-refractivity contribution in [2.75, 3.05) is 6.54 Å². The van der Waals surface area contributed by atoms with E-state index in [-0.39, 0.29) is 11.9 Å². The monoisotopic (exact) mass is 268 g/mol. The highest BCUT2D eigenvalue weighted by Gasteiger charge is 2.14. The maximum atomic E-state index is 12.3. The van der Waals surface area contributed by atoms with E-state index < -0.39 is 0 Å². The molecule has 2 aromatic carbocycles. The van der Waals surface area contributed by atoms with Crippen LogP contribution in [-0.2, 0) is 6.42 Å². The lowest BCUT2D eigenvalue weighted by molar-refractivity contribution is 0.0937. The van der Waals surface area contributed by atoms with Crippen LogP contribution in [0.2, 0.25) is 0 Å². The number of carbonyl (C=O) groups excluding carboxylic acids is 1. The van der Waals surface area contributed by atoms with Crippen molar-refractivity contribution in [3.8, 4) is 0 Å². The van der Waals surface area contributed by atoms with Crippen LogP contribution in [0.1, 0.15) is 21.5 Å². The molecule has 3 N–H and O–H groups in total. The Morgan fingerprint density at radius 2 is 1.75 bits per heavy atom. The number of amides is 1. The molecule has 0 fully saturated rings. The molecule has 0 spiro atoms. The highest BCUT2D eigenvalue weighted by atomic mass is 16.1. The summed E-state index contributed by atoms with van der Waals surface area (Å²) in [5.74, 6) is -0.0607. The van der Waals surface area contributed by atoms with Gasteiger partial charge in [0.15, 0.2) is 0 Å². The van der Waals surface area contributed by atoms with Crippen LogP contribution in [0.3, 0.4) is 0 Å². The van der Waals surface area contributed by atoms with Crippen molar-refractivity contribution in [2.45, 2.75) is 19.4 Å². The molecule has 104 valence electrons. The Balaban J connectivity index is 2.03. The largest absolute Gasteiger partial charge is 0.348 e. The Labute approximate surface area is 119 Å². The first-order valence-electron chi connectivity index (χ1n) is 6.81. The molecule has 0 aliphatic rings. The predicted molar refractivity (Wildman–Crippen MR) is 81.6 cm³/mol. The number of benzene rings is 2. The van der Waals surface area contributed by atoms with Gasteiger partial charge in [0, 0.05) is 18.2 Å². The first kappa shape index (κ1) is 14.3. The zero-order valence-corrected chi connectivity index (χ0v) is 11.7. The quantitative estimate of drug-likeness (QED) is 0.874. The van der Waals surface area contributed by atoms with Crippen LogP contribution in [0.25, 0.3) is 0 Å². The highest BCUT2D eigenvalue weighted by Crippen LogP contribution is 2.08. The van der Waals surface area contributed by atoms with Gasteiger partial charge in [0.25, 0.3) is 5.91 Å². The van der Waals surface area contributed by atoms with Gasteiger partial charge < -0.3 is 11.1 Å². The standard InChI is InChI=1S/C17H20N2O/c1-13-7-5-6-10-16(13)17(20)19-15(12-18)11-14-8-3-2-4-9-14/h2-10,15H,11-12,18H2,1H3,(H,19,20). The van der Waals surface area contributed by atoms with Gasteiger partial charge in [0.1, 0.15) is 0 Å². The Bertz CT molecular complexity index is 566. The Morgan fingerprint density at radius 3 is 2.40 bits per heavy atom. The normalized spacial score (nSPS) is 11.9. The summed E-state index contributed by atoms with van der Waals surface area (Å²) in [4.78, 5) is 12.3. The van der Waals surface area contributed by atoms with E-state index >= 15 is 0 Å². The van der Waals surface area contributed by atoms with Crippen molar-refractivity contribution in [1.29, 1.82) is 0 Å². The third kappa shape index (κ3) is 3.68. The fourth-order valence-electron chi connectivity index (χ4n) is 2.18. The van der Waals surface area contributed by atoms with Gasteiger partial charge in [0.2, 0.25) is 0 Å². The van der Waals surface area contributed by atoms with Crippen molar-refractivity contribution in [2.24, 2.45) is 5.73 Å². The molecule has 3 heteroatoms. The SMILES string of the molecule is Cc1ccccc1C(=O)NC(CN)Cc1ccccc1. The van der Waals surface area contributed by atoms with Gasteiger partial charge in [-0.25, -0.2) is 0 Å². The third-order valence-electron chi connectivity index (χ3n) is 3.33. The Hall–Kier alpha value is -2.13. The maximum absolute atomic E-state index is 12.3. The van der Waals surface area contributed by atoms with Crippen LogP contribution in [-0.4, -0.2) is 18.5 Å². The minimum Gasteiger partial charge on any atom is -0.348 e. The summed E-state index contributed by atoms with van der Waals surface area (Å²) in [6, 6.07) is 17.6. The molecule has 1 amide bonds. The minimum absolute atomic E-state index is 0.0514. The molecule has 0 aliphatic carbocycles. The van der Waals surface area contributed by atoms with E-state index in [9.17, 15) is 4.79 Å². The van der Waals surface area contributed by atoms with Crippen molar-refractivity contribution in [3.05, 3.63) is 71.3 Å². The molecule has 2 aromatic rings. The van der Waals surface area contributed by atoms with Gasteiger partial charge in [-0.1, -0.05) is 48.5 Å². The summed E-state index contributed by atoms with van der Waals surface area (Å²) in [5, 5.41) is 3.01. The second-order valence-corrected chi connectivity index (χ2v) is 4.91. The van der Waals surface area contributed by atoms with Crippen molar-refractivity contribution in [3.63, 3.8) is 0 Å².